The molecule has 1 aliphatic rings. The molecule has 7 heteroatoms. The van der Waals surface area contributed by atoms with E-state index in [0.717, 1.165) is 9.14 Å². The first-order chi connectivity index (χ1) is 10.3. The second kappa shape index (κ2) is 6.57. The van der Waals surface area contributed by atoms with E-state index in [-0.39, 0.29) is 4.90 Å². The lowest BCUT2D eigenvalue weighted by molar-refractivity contribution is -0.144. The molecular formula is C15H18INO4S. The Bertz CT molecular complexity index is 710. The van der Waals surface area contributed by atoms with Crippen LogP contribution in [-0.2, 0) is 19.6 Å². The van der Waals surface area contributed by atoms with Crippen molar-refractivity contribution in [1.29, 1.82) is 0 Å². The Morgan fingerprint density at radius 3 is 2.45 bits per heavy atom. The van der Waals surface area contributed by atoms with Crippen molar-refractivity contribution in [1.82, 2.24) is 4.31 Å². The summed E-state index contributed by atoms with van der Waals surface area (Å²) in [5, 5.41) is 0. The van der Waals surface area contributed by atoms with Gasteiger partial charge in [0.2, 0.25) is 0 Å². The molecule has 0 bridgehead atoms. The van der Waals surface area contributed by atoms with Crippen LogP contribution in [0.3, 0.4) is 0 Å². The summed E-state index contributed by atoms with van der Waals surface area (Å²) < 4.78 is 32.8. The van der Waals surface area contributed by atoms with Crippen molar-refractivity contribution in [2.24, 2.45) is 0 Å². The van der Waals surface area contributed by atoms with E-state index in [1.54, 1.807) is 24.3 Å². The van der Waals surface area contributed by atoms with Crippen LogP contribution in [0.1, 0.15) is 25.3 Å². The average Bonchev–Trinajstić information content (AvgIpc) is 2.84. The molecule has 5 nitrogen and oxygen atoms in total. The zero-order chi connectivity index (χ0) is 16.5. The molecule has 0 fully saturated rings. The Morgan fingerprint density at radius 1 is 1.36 bits per heavy atom. The van der Waals surface area contributed by atoms with Crippen LogP contribution >= 0.6 is 22.6 Å². The standard InChI is InChI=1S/C15H18INO4S/c1-4-13-12(16)9-14(15(18)21-3)17(13)22(19,20)11-7-5-10(2)6-8-11/h5-8,14H,4,9H2,1-3H3. The minimum atomic E-state index is -3.78. The number of esters is 1. The molecule has 22 heavy (non-hydrogen) atoms. The molecule has 1 aliphatic heterocycles. The highest BCUT2D eigenvalue weighted by Gasteiger charge is 2.43. The molecule has 0 aromatic heterocycles. The predicted molar refractivity (Wildman–Crippen MR) is 92.0 cm³/mol. The van der Waals surface area contributed by atoms with E-state index in [4.69, 9.17) is 4.74 Å². The van der Waals surface area contributed by atoms with Crippen molar-refractivity contribution in [3.8, 4) is 0 Å². The third kappa shape index (κ3) is 3.01. The van der Waals surface area contributed by atoms with E-state index in [1.807, 2.05) is 13.8 Å². The molecule has 1 heterocycles. The number of sulfonamides is 1. The number of methoxy groups -OCH3 is 1. The number of aryl methyl sites for hydroxylation is 1. The minimum Gasteiger partial charge on any atom is -0.467 e. The van der Waals surface area contributed by atoms with Gasteiger partial charge in [-0.15, -0.1) is 0 Å². The summed E-state index contributed by atoms with van der Waals surface area (Å²) >= 11 is 2.10. The molecule has 1 aromatic rings. The van der Waals surface area contributed by atoms with Crippen LogP contribution < -0.4 is 0 Å². The van der Waals surface area contributed by atoms with E-state index in [1.165, 1.54) is 11.4 Å². The van der Waals surface area contributed by atoms with Gasteiger partial charge in [0.05, 0.1) is 12.0 Å². The second-order valence-electron chi connectivity index (χ2n) is 5.06. The van der Waals surface area contributed by atoms with E-state index in [9.17, 15) is 13.2 Å². The molecule has 1 atom stereocenters. The Kier molecular flexibility index (Phi) is 5.16. The van der Waals surface area contributed by atoms with Gasteiger partial charge in [-0.05, 0) is 48.1 Å². The highest BCUT2D eigenvalue weighted by atomic mass is 127. The Hall–Kier alpha value is -1.09. The van der Waals surface area contributed by atoms with Gasteiger partial charge in [0.1, 0.15) is 6.04 Å². The topological polar surface area (TPSA) is 63.7 Å². The van der Waals surface area contributed by atoms with Crippen LogP contribution in [0.2, 0.25) is 0 Å². The summed E-state index contributed by atoms with van der Waals surface area (Å²) in [6.07, 6.45) is 0.901. The van der Waals surface area contributed by atoms with E-state index < -0.39 is 22.0 Å². The third-order valence-electron chi connectivity index (χ3n) is 3.62. The molecule has 0 aliphatic carbocycles. The summed E-state index contributed by atoms with van der Waals surface area (Å²) in [4.78, 5) is 12.2. The van der Waals surface area contributed by atoms with Gasteiger partial charge in [-0.25, -0.2) is 13.2 Å². The number of benzene rings is 1. The Labute approximate surface area is 144 Å². The van der Waals surface area contributed by atoms with E-state index in [0.29, 0.717) is 18.5 Å². The quantitative estimate of drug-likeness (QED) is 0.539. The molecule has 1 aromatic carbocycles. The third-order valence-corrected chi connectivity index (χ3v) is 6.54. The number of hydrogen-bond donors (Lipinski definition) is 0. The lowest BCUT2D eigenvalue weighted by Gasteiger charge is -2.27. The maximum absolute atomic E-state index is 13.0. The number of hydrogen-bond acceptors (Lipinski definition) is 4. The number of nitrogens with zero attached hydrogens (tertiary/aromatic N) is 1. The first-order valence-electron chi connectivity index (χ1n) is 6.89. The van der Waals surface area contributed by atoms with Gasteiger partial charge in [-0.2, -0.15) is 0 Å². The highest BCUT2D eigenvalue weighted by Crippen LogP contribution is 2.39. The van der Waals surface area contributed by atoms with Gasteiger partial charge in [0, 0.05) is 15.7 Å². The van der Waals surface area contributed by atoms with Crippen molar-refractivity contribution in [2.75, 3.05) is 7.11 Å². The van der Waals surface area contributed by atoms with Gasteiger partial charge in [-0.1, -0.05) is 24.6 Å². The number of halogens is 1. The van der Waals surface area contributed by atoms with Gasteiger partial charge in [-0.3, -0.25) is 4.31 Å². The van der Waals surface area contributed by atoms with Gasteiger partial charge in [0.15, 0.2) is 0 Å². The summed E-state index contributed by atoms with van der Waals surface area (Å²) in [7, 11) is -2.51. The van der Waals surface area contributed by atoms with Gasteiger partial charge in [0.25, 0.3) is 10.0 Å². The molecule has 120 valence electrons. The van der Waals surface area contributed by atoms with Crippen molar-refractivity contribution in [3.63, 3.8) is 0 Å². The fourth-order valence-corrected chi connectivity index (χ4v) is 5.43. The van der Waals surface area contributed by atoms with Crippen LogP contribution in [0.4, 0.5) is 0 Å². The van der Waals surface area contributed by atoms with Crippen molar-refractivity contribution in [2.45, 2.75) is 37.6 Å². The van der Waals surface area contributed by atoms with Gasteiger partial charge < -0.3 is 4.74 Å². The smallest absolute Gasteiger partial charge is 0.330 e. The normalized spacial score (nSPS) is 18.7. The fraction of sp³-hybridized carbons (Fsp3) is 0.400. The number of carbonyl (C=O) groups excluding carboxylic acids is 1. The molecule has 0 radical (unpaired) electrons. The lowest BCUT2D eigenvalue weighted by Crippen LogP contribution is -2.41. The number of carbonyl (C=O) groups is 1. The summed E-state index contributed by atoms with van der Waals surface area (Å²) in [5.74, 6) is -0.534. The van der Waals surface area contributed by atoms with Gasteiger partial charge >= 0.3 is 5.97 Å². The van der Waals surface area contributed by atoms with Crippen LogP contribution in [0.25, 0.3) is 0 Å². The molecule has 0 N–H and O–H groups in total. The summed E-state index contributed by atoms with van der Waals surface area (Å²) in [6.45, 7) is 3.77. The van der Waals surface area contributed by atoms with Crippen molar-refractivity contribution < 1.29 is 17.9 Å². The second-order valence-corrected chi connectivity index (χ2v) is 8.18. The average molecular weight is 435 g/mol. The monoisotopic (exact) mass is 435 g/mol. The number of rotatable bonds is 4. The summed E-state index contributed by atoms with van der Waals surface area (Å²) in [5.41, 5.74) is 1.64. The number of ether oxygens (including phenoxy) is 1. The largest absolute Gasteiger partial charge is 0.467 e. The van der Waals surface area contributed by atoms with Crippen LogP contribution in [0, 0.1) is 6.92 Å². The fourth-order valence-electron chi connectivity index (χ4n) is 2.48. The van der Waals surface area contributed by atoms with Crippen LogP contribution in [0.15, 0.2) is 38.4 Å². The molecule has 1 unspecified atom stereocenters. The highest BCUT2D eigenvalue weighted by molar-refractivity contribution is 14.1. The van der Waals surface area contributed by atoms with E-state index >= 15 is 0 Å². The zero-order valence-corrected chi connectivity index (χ0v) is 15.6. The maximum Gasteiger partial charge on any atom is 0.330 e. The Balaban J connectivity index is 2.53. The van der Waals surface area contributed by atoms with Crippen molar-refractivity contribution >= 4 is 38.6 Å². The molecule has 0 saturated heterocycles. The Morgan fingerprint density at radius 2 is 1.95 bits per heavy atom. The zero-order valence-electron chi connectivity index (χ0n) is 12.7. The predicted octanol–water partition coefficient (Wildman–Crippen LogP) is 2.99. The molecule has 0 saturated carbocycles. The first-order valence-corrected chi connectivity index (χ1v) is 9.41. The SMILES string of the molecule is CCC1=C(I)CC(C(=O)OC)N1S(=O)(=O)c1ccc(C)cc1. The molecule has 0 spiro atoms. The van der Waals surface area contributed by atoms with Crippen molar-refractivity contribution in [3.05, 3.63) is 39.1 Å². The molecule has 0 amide bonds. The van der Waals surface area contributed by atoms with E-state index in [2.05, 4.69) is 22.6 Å². The maximum atomic E-state index is 13.0. The number of allylic oxidation sites excluding steroid dienone is 1. The summed E-state index contributed by atoms with van der Waals surface area (Å²) in [6, 6.07) is 5.81. The van der Waals surface area contributed by atoms with Crippen LogP contribution in [0.5, 0.6) is 0 Å². The first kappa shape index (κ1) is 17.3. The minimum absolute atomic E-state index is 0.184. The van der Waals surface area contributed by atoms with Crippen LogP contribution in [-0.4, -0.2) is 31.8 Å². The molecule has 2 rings (SSSR count). The lowest BCUT2D eigenvalue weighted by atomic mass is 10.2. The molecular weight excluding hydrogens is 417 g/mol.